The first-order valence-corrected chi connectivity index (χ1v) is 7.40. The lowest BCUT2D eigenvalue weighted by Crippen LogP contribution is -2.29. The normalized spacial score (nSPS) is 33.0. The Bertz CT molecular complexity index is 193. The summed E-state index contributed by atoms with van der Waals surface area (Å²) in [6.45, 7) is 10.1. The van der Waals surface area contributed by atoms with Crippen LogP contribution in [0.2, 0.25) is 0 Å². The molecule has 0 radical (unpaired) electrons. The first-order valence-electron chi connectivity index (χ1n) is 6.77. The van der Waals surface area contributed by atoms with Gasteiger partial charge >= 0.3 is 0 Å². The zero-order chi connectivity index (χ0) is 12.1. The molecule has 2 heteroatoms. The van der Waals surface area contributed by atoms with Gasteiger partial charge in [0.05, 0.1) is 12.7 Å². The molecule has 1 fully saturated rings. The smallest absolute Gasteiger partial charge is 0.0578 e. The summed E-state index contributed by atoms with van der Waals surface area (Å²) in [6, 6.07) is 0. The minimum atomic E-state index is 0.507. The highest BCUT2D eigenvalue weighted by atomic mass is 32.1. The van der Waals surface area contributed by atoms with Gasteiger partial charge in [0.25, 0.3) is 0 Å². The molecule has 16 heavy (non-hydrogen) atoms. The third-order valence-corrected chi connectivity index (χ3v) is 4.74. The molecule has 0 aromatic rings. The molecule has 1 aliphatic rings. The number of thiol groups is 1. The Labute approximate surface area is 107 Å². The zero-order valence-electron chi connectivity index (χ0n) is 11.3. The maximum absolute atomic E-state index is 6.07. The van der Waals surface area contributed by atoms with Gasteiger partial charge in [0.15, 0.2) is 0 Å². The average Bonchev–Trinajstić information content (AvgIpc) is 2.23. The minimum Gasteiger partial charge on any atom is -0.378 e. The average molecular weight is 244 g/mol. The predicted octanol–water partition coefficient (Wildman–Crippen LogP) is 4.03. The fraction of sp³-hybridized carbons (Fsp3) is 1.00. The summed E-state index contributed by atoms with van der Waals surface area (Å²) in [4.78, 5) is 0. The fourth-order valence-electron chi connectivity index (χ4n) is 2.37. The van der Waals surface area contributed by atoms with E-state index in [9.17, 15) is 0 Å². The van der Waals surface area contributed by atoms with Gasteiger partial charge in [0.1, 0.15) is 0 Å². The summed E-state index contributed by atoms with van der Waals surface area (Å²) in [5.74, 6) is 3.93. The third-order valence-electron chi connectivity index (χ3n) is 4.27. The van der Waals surface area contributed by atoms with Crippen molar-refractivity contribution >= 4 is 12.6 Å². The molecular formula is C14H28OS. The van der Waals surface area contributed by atoms with Crippen LogP contribution in [-0.2, 0) is 4.74 Å². The summed E-state index contributed by atoms with van der Waals surface area (Å²) in [7, 11) is 0. The standard InChI is InChI=1S/C14H28OS/c1-10(2)13(9-16)8-15-14-6-5-11(3)12(4)7-14/h10-14,16H,5-9H2,1-4H3. The zero-order valence-corrected chi connectivity index (χ0v) is 12.2. The van der Waals surface area contributed by atoms with Crippen molar-refractivity contribution in [2.45, 2.75) is 53.1 Å². The maximum Gasteiger partial charge on any atom is 0.0578 e. The molecule has 0 heterocycles. The van der Waals surface area contributed by atoms with Crippen molar-refractivity contribution in [1.82, 2.24) is 0 Å². The molecule has 0 amide bonds. The van der Waals surface area contributed by atoms with Crippen molar-refractivity contribution in [2.24, 2.45) is 23.7 Å². The van der Waals surface area contributed by atoms with Gasteiger partial charge in [-0.05, 0) is 48.7 Å². The molecule has 0 aromatic heterocycles. The lowest BCUT2D eigenvalue weighted by molar-refractivity contribution is -0.0168. The van der Waals surface area contributed by atoms with E-state index in [0.29, 0.717) is 17.9 Å². The first-order chi connectivity index (χ1) is 7.54. The molecule has 0 aromatic carbocycles. The van der Waals surface area contributed by atoms with E-state index in [2.05, 4.69) is 40.3 Å². The van der Waals surface area contributed by atoms with E-state index in [-0.39, 0.29) is 0 Å². The molecule has 0 saturated heterocycles. The Kier molecular flexibility index (Phi) is 6.20. The van der Waals surface area contributed by atoms with Gasteiger partial charge in [-0.1, -0.05) is 27.7 Å². The van der Waals surface area contributed by atoms with Crippen molar-refractivity contribution in [2.75, 3.05) is 12.4 Å². The van der Waals surface area contributed by atoms with Crippen molar-refractivity contribution in [3.05, 3.63) is 0 Å². The highest BCUT2D eigenvalue weighted by Gasteiger charge is 2.25. The third kappa shape index (κ3) is 4.29. The largest absolute Gasteiger partial charge is 0.378 e. The minimum absolute atomic E-state index is 0.507. The molecule has 1 nitrogen and oxygen atoms in total. The SMILES string of the molecule is CC(C)C(CS)COC1CCC(C)C(C)C1. The molecule has 1 saturated carbocycles. The van der Waals surface area contributed by atoms with Crippen molar-refractivity contribution < 1.29 is 4.74 Å². The van der Waals surface area contributed by atoms with Crippen LogP contribution in [0.25, 0.3) is 0 Å². The van der Waals surface area contributed by atoms with Crippen LogP contribution in [0, 0.1) is 23.7 Å². The van der Waals surface area contributed by atoms with Crippen LogP contribution >= 0.6 is 12.6 Å². The van der Waals surface area contributed by atoms with Crippen LogP contribution in [0.4, 0.5) is 0 Å². The first kappa shape index (κ1) is 14.4. The van der Waals surface area contributed by atoms with Gasteiger partial charge in [0.2, 0.25) is 0 Å². The van der Waals surface area contributed by atoms with Crippen molar-refractivity contribution in [1.29, 1.82) is 0 Å². The lowest BCUT2D eigenvalue weighted by Gasteiger charge is -2.33. The number of ether oxygens (including phenoxy) is 1. The molecule has 4 atom stereocenters. The van der Waals surface area contributed by atoms with Gasteiger partial charge in [-0.2, -0.15) is 12.6 Å². The van der Waals surface area contributed by atoms with E-state index in [4.69, 9.17) is 4.74 Å². The Morgan fingerprint density at radius 2 is 1.88 bits per heavy atom. The van der Waals surface area contributed by atoms with E-state index in [1.807, 2.05) is 0 Å². The summed E-state index contributed by atoms with van der Waals surface area (Å²) >= 11 is 4.40. The summed E-state index contributed by atoms with van der Waals surface area (Å²) < 4.78 is 6.07. The van der Waals surface area contributed by atoms with Crippen LogP contribution in [0.1, 0.15) is 47.0 Å². The van der Waals surface area contributed by atoms with Gasteiger partial charge in [-0.15, -0.1) is 0 Å². The van der Waals surface area contributed by atoms with Gasteiger partial charge in [0, 0.05) is 0 Å². The number of hydrogen-bond donors (Lipinski definition) is 1. The van der Waals surface area contributed by atoms with E-state index in [1.165, 1.54) is 19.3 Å². The van der Waals surface area contributed by atoms with E-state index in [1.54, 1.807) is 0 Å². The second-order valence-electron chi connectivity index (χ2n) is 5.91. The van der Waals surface area contributed by atoms with Crippen molar-refractivity contribution in [3.63, 3.8) is 0 Å². The number of hydrogen-bond acceptors (Lipinski definition) is 2. The monoisotopic (exact) mass is 244 g/mol. The van der Waals surface area contributed by atoms with E-state index in [0.717, 1.165) is 24.2 Å². The lowest BCUT2D eigenvalue weighted by atomic mass is 9.80. The molecule has 96 valence electrons. The van der Waals surface area contributed by atoms with Gasteiger partial charge < -0.3 is 4.74 Å². The van der Waals surface area contributed by atoms with Gasteiger partial charge in [-0.25, -0.2) is 0 Å². The summed E-state index contributed by atoms with van der Waals surface area (Å²) in [6.07, 6.45) is 4.34. The van der Waals surface area contributed by atoms with E-state index >= 15 is 0 Å². The van der Waals surface area contributed by atoms with Crippen molar-refractivity contribution in [3.8, 4) is 0 Å². The quantitative estimate of drug-likeness (QED) is 0.718. The second kappa shape index (κ2) is 6.90. The van der Waals surface area contributed by atoms with Crippen LogP contribution in [0.3, 0.4) is 0 Å². The highest BCUT2D eigenvalue weighted by molar-refractivity contribution is 7.80. The van der Waals surface area contributed by atoms with Crippen LogP contribution in [0.5, 0.6) is 0 Å². The molecule has 1 aliphatic carbocycles. The summed E-state index contributed by atoms with van der Waals surface area (Å²) in [5.41, 5.74) is 0. The Balaban J connectivity index is 2.27. The molecule has 0 N–H and O–H groups in total. The highest BCUT2D eigenvalue weighted by Crippen LogP contribution is 2.31. The van der Waals surface area contributed by atoms with E-state index < -0.39 is 0 Å². The number of rotatable bonds is 5. The molecule has 4 unspecified atom stereocenters. The fourth-order valence-corrected chi connectivity index (χ4v) is 2.89. The van der Waals surface area contributed by atoms with Crippen LogP contribution in [-0.4, -0.2) is 18.5 Å². The molecule has 0 bridgehead atoms. The van der Waals surface area contributed by atoms with Gasteiger partial charge in [-0.3, -0.25) is 0 Å². The van der Waals surface area contributed by atoms with Crippen LogP contribution < -0.4 is 0 Å². The Morgan fingerprint density at radius 3 is 2.38 bits per heavy atom. The van der Waals surface area contributed by atoms with Crippen LogP contribution in [0.15, 0.2) is 0 Å². The topological polar surface area (TPSA) is 9.23 Å². The summed E-state index contributed by atoms with van der Waals surface area (Å²) in [5, 5.41) is 0. The molecule has 1 rings (SSSR count). The molecule has 0 aliphatic heterocycles. The maximum atomic E-state index is 6.07. The molecule has 0 spiro atoms. The Morgan fingerprint density at radius 1 is 1.19 bits per heavy atom. The Hall–Kier alpha value is 0.310. The second-order valence-corrected chi connectivity index (χ2v) is 6.27. The molecular weight excluding hydrogens is 216 g/mol. The predicted molar refractivity (Wildman–Crippen MR) is 74.1 cm³/mol.